The number of halogens is 2. The van der Waals surface area contributed by atoms with E-state index in [-0.39, 0.29) is 50.3 Å². The van der Waals surface area contributed by atoms with Crippen molar-refractivity contribution in [2.24, 2.45) is 0 Å². The Kier molecular flexibility index (Phi) is 18.3. The average Bonchev–Trinajstić information content (AvgIpc) is 3.02. The summed E-state index contributed by atoms with van der Waals surface area (Å²) in [5.41, 5.74) is 8.46. The number of carbonyl (C=O) groups is 5. The minimum Gasteiger partial charge on any atom is -0.478 e. The third-order valence-electron chi connectivity index (χ3n) is 5.40. The van der Waals surface area contributed by atoms with Crippen LogP contribution in [0, 0.1) is 6.07 Å². The van der Waals surface area contributed by atoms with Crippen LogP contribution in [0.1, 0.15) is 44.4 Å². The van der Waals surface area contributed by atoms with Gasteiger partial charge in [-0.3, -0.25) is 14.6 Å². The first-order valence-electron chi connectivity index (χ1n) is 12.9. The predicted octanol–water partition coefficient (Wildman–Crippen LogP) is 6.41. The number of nitrogens with two attached hydrogens (primary N) is 1. The van der Waals surface area contributed by atoms with Gasteiger partial charge in [0.05, 0.1) is 23.3 Å². The summed E-state index contributed by atoms with van der Waals surface area (Å²) in [6.45, 7) is 2.04. The van der Waals surface area contributed by atoms with Crippen molar-refractivity contribution in [3.8, 4) is 0 Å². The van der Waals surface area contributed by atoms with E-state index in [1.165, 1.54) is 12.4 Å². The van der Waals surface area contributed by atoms with Gasteiger partial charge in [0.2, 0.25) is 0 Å². The van der Waals surface area contributed by atoms with Gasteiger partial charge in [-0.25, -0.2) is 9.59 Å². The molecular weight excluding hydrogens is 803 g/mol. The molecule has 0 aliphatic carbocycles. The normalized spacial score (nSPS) is 9.46. The smallest absolute Gasteiger partial charge is 0.337 e. The number of anilines is 1. The minimum atomic E-state index is -0.956. The number of pyridine rings is 2. The summed E-state index contributed by atoms with van der Waals surface area (Å²) in [4.78, 5) is 59.3. The molecule has 0 atom stereocenters. The predicted molar refractivity (Wildman–Crippen MR) is 175 cm³/mol. The Morgan fingerprint density at radius 3 is 1.98 bits per heavy atom. The zero-order valence-electron chi connectivity index (χ0n) is 24.2. The molecule has 2 aromatic heterocycles. The van der Waals surface area contributed by atoms with Crippen LogP contribution in [0.25, 0.3) is 21.8 Å². The van der Waals surface area contributed by atoms with Crippen LogP contribution in [0.15, 0.2) is 88.1 Å². The molecule has 11 nitrogen and oxygen atoms in total. The Bertz CT molecular complexity index is 1820. The molecule has 5 aromatic rings. The first-order chi connectivity index (χ1) is 21.5. The van der Waals surface area contributed by atoms with Gasteiger partial charge in [0, 0.05) is 70.7 Å². The molecule has 235 valence electrons. The second-order valence-electron chi connectivity index (χ2n) is 8.58. The Labute approximate surface area is 305 Å². The number of hydrogen-bond donors (Lipinski definition) is 3. The number of aldehydes is 2. The van der Waals surface area contributed by atoms with Crippen LogP contribution < -0.4 is 5.73 Å². The maximum Gasteiger partial charge on any atom is 0.337 e. The molecule has 0 fully saturated rings. The second kappa shape index (κ2) is 21.0. The Morgan fingerprint density at radius 2 is 1.43 bits per heavy atom. The van der Waals surface area contributed by atoms with Crippen LogP contribution in [-0.4, -0.2) is 57.3 Å². The van der Waals surface area contributed by atoms with E-state index < -0.39 is 17.9 Å². The molecular formula is C32H26Br2N3O8Y-. The Morgan fingerprint density at radius 1 is 0.870 bits per heavy atom. The molecule has 0 aliphatic rings. The number of nitrogen functional groups attached to an aromatic ring is 1. The molecule has 0 saturated heterocycles. The van der Waals surface area contributed by atoms with Crippen LogP contribution in [0.4, 0.5) is 5.69 Å². The number of aromatic nitrogens is 2. The summed E-state index contributed by atoms with van der Waals surface area (Å²) in [6, 6.07) is 22.0. The molecule has 0 aliphatic heterocycles. The monoisotopic (exact) mass is 827 g/mol. The van der Waals surface area contributed by atoms with Gasteiger partial charge in [-0.1, -0.05) is 44.0 Å². The molecule has 2 heterocycles. The zero-order chi connectivity index (χ0) is 33.4. The summed E-state index contributed by atoms with van der Waals surface area (Å²) >= 11 is 6.55. The first-order valence-corrected chi connectivity index (χ1v) is 14.4. The number of benzene rings is 3. The van der Waals surface area contributed by atoms with Gasteiger partial charge < -0.3 is 30.5 Å². The second-order valence-corrected chi connectivity index (χ2v) is 10.4. The van der Waals surface area contributed by atoms with Crippen LogP contribution in [-0.2, 0) is 47.0 Å². The van der Waals surface area contributed by atoms with Gasteiger partial charge in [-0.2, -0.15) is 24.3 Å². The SMILES string of the molecule is CCOC(=O)CC=O.Nc1cc(Br)ccc1C=O.O=C(O)c1cnc2c[c-]ccc2c1.O=C(O)c1cnc2cc(Br)ccc2c1.[Y]. The zero-order valence-corrected chi connectivity index (χ0v) is 30.2. The van der Waals surface area contributed by atoms with E-state index in [1.807, 2.05) is 18.2 Å². The minimum absolute atomic E-state index is 0. The van der Waals surface area contributed by atoms with Crippen molar-refractivity contribution in [3.63, 3.8) is 0 Å². The van der Waals surface area contributed by atoms with Crippen LogP contribution in [0.3, 0.4) is 0 Å². The summed E-state index contributed by atoms with van der Waals surface area (Å²) in [6.07, 6.45) is 3.84. The number of hydrogen-bond acceptors (Lipinski definition) is 9. The molecule has 0 saturated carbocycles. The maximum atomic E-state index is 10.7. The fraction of sp³-hybridized carbons (Fsp3) is 0.0938. The van der Waals surface area contributed by atoms with E-state index in [2.05, 4.69) is 52.6 Å². The summed E-state index contributed by atoms with van der Waals surface area (Å²) in [5, 5.41) is 19.1. The third kappa shape index (κ3) is 13.6. The van der Waals surface area contributed by atoms with E-state index in [1.54, 1.807) is 55.5 Å². The van der Waals surface area contributed by atoms with E-state index >= 15 is 0 Å². The van der Waals surface area contributed by atoms with Crippen molar-refractivity contribution in [3.05, 3.63) is 111 Å². The molecule has 46 heavy (non-hydrogen) atoms. The maximum absolute atomic E-state index is 10.7. The largest absolute Gasteiger partial charge is 0.478 e. The number of ether oxygens (including phenoxy) is 1. The third-order valence-corrected chi connectivity index (χ3v) is 6.39. The van der Waals surface area contributed by atoms with Crippen molar-refractivity contribution in [1.29, 1.82) is 0 Å². The fourth-order valence-corrected chi connectivity index (χ4v) is 4.01. The number of aromatic carboxylic acids is 2. The number of nitrogens with zero attached hydrogens (tertiary/aromatic N) is 2. The topological polar surface area (TPSA) is 187 Å². The van der Waals surface area contributed by atoms with E-state index in [4.69, 9.17) is 15.9 Å². The quantitative estimate of drug-likeness (QED) is 0.0565. The van der Waals surface area contributed by atoms with Crippen molar-refractivity contribution in [2.75, 3.05) is 12.3 Å². The molecule has 0 unspecified atom stereocenters. The van der Waals surface area contributed by atoms with Gasteiger partial charge >= 0.3 is 17.9 Å². The molecule has 14 heteroatoms. The van der Waals surface area contributed by atoms with Crippen molar-refractivity contribution < 1.29 is 71.6 Å². The van der Waals surface area contributed by atoms with Crippen LogP contribution in [0.2, 0.25) is 0 Å². The van der Waals surface area contributed by atoms with Crippen molar-refractivity contribution in [2.45, 2.75) is 13.3 Å². The van der Waals surface area contributed by atoms with E-state index in [9.17, 15) is 24.0 Å². The van der Waals surface area contributed by atoms with E-state index in [0.717, 1.165) is 37.0 Å². The fourth-order valence-electron chi connectivity index (χ4n) is 3.28. The molecule has 0 bridgehead atoms. The van der Waals surface area contributed by atoms with Gasteiger partial charge in [0.25, 0.3) is 0 Å². The number of carbonyl (C=O) groups excluding carboxylic acids is 3. The number of fused-ring (bicyclic) bond motifs is 2. The molecule has 5 rings (SSSR count). The van der Waals surface area contributed by atoms with Gasteiger partial charge in [0.15, 0.2) is 6.29 Å². The standard InChI is InChI=1S/C10H6BrNO2.C10H6NO2.C7H6BrNO.C5H8O3.Y/c11-8-2-1-6-3-7(10(13)14)5-12-9(6)4-8;12-10(13)8-5-7-3-1-2-4-9(7)11-6-8;8-6-2-1-5(4-10)7(9)3-6;1-2-8-5(7)3-4-6;/h1-5H,(H,13,14);1,3-6H,(H,12,13);1-4H,9H2;4H,2-3H2,1H3;/q;-1;;;. The number of esters is 1. The first kappa shape index (κ1) is 40.1. The van der Waals surface area contributed by atoms with Gasteiger partial charge in [-0.05, 0) is 48.8 Å². The van der Waals surface area contributed by atoms with Crippen molar-refractivity contribution in [1.82, 2.24) is 9.97 Å². The molecule has 1 radical (unpaired) electrons. The van der Waals surface area contributed by atoms with Gasteiger partial charge in [-0.15, -0.1) is 5.39 Å². The number of carboxylic acids is 2. The van der Waals surface area contributed by atoms with Crippen LogP contribution >= 0.6 is 31.9 Å². The number of carboxylic acid groups (broad SMARTS) is 2. The molecule has 3 aromatic carbocycles. The Balaban J connectivity index is 0.000000312. The van der Waals surface area contributed by atoms with E-state index in [0.29, 0.717) is 24.1 Å². The molecule has 0 amide bonds. The van der Waals surface area contributed by atoms with Gasteiger partial charge in [0.1, 0.15) is 12.7 Å². The summed E-state index contributed by atoms with van der Waals surface area (Å²) in [5.74, 6) is -2.37. The number of rotatable bonds is 6. The molecule has 4 N–H and O–H groups in total. The summed E-state index contributed by atoms with van der Waals surface area (Å²) < 4.78 is 6.23. The Hall–Kier alpha value is -3.91. The van der Waals surface area contributed by atoms with Crippen LogP contribution in [0.5, 0.6) is 0 Å². The summed E-state index contributed by atoms with van der Waals surface area (Å²) in [7, 11) is 0. The van der Waals surface area contributed by atoms with Crippen molar-refractivity contribution >= 4 is 89.8 Å². The molecule has 0 spiro atoms. The average molecular weight is 829 g/mol.